The van der Waals surface area contributed by atoms with Crippen molar-refractivity contribution in [3.05, 3.63) is 83.5 Å². The minimum atomic E-state index is -1.49. The van der Waals surface area contributed by atoms with Crippen molar-refractivity contribution in [1.29, 1.82) is 5.26 Å². The number of hydrogen-bond donors (Lipinski definition) is 4. The van der Waals surface area contributed by atoms with Gasteiger partial charge in [0.05, 0.1) is 49.7 Å². The molecule has 2 aromatic carbocycles. The first-order valence-electron chi connectivity index (χ1n) is 19.5. The van der Waals surface area contributed by atoms with Gasteiger partial charge in [-0.1, -0.05) is 30.1 Å². The van der Waals surface area contributed by atoms with Gasteiger partial charge in [-0.2, -0.15) is 5.26 Å². The number of nitriles is 1. The van der Waals surface area contributed by atoms with Gasteiger partial charge < -0.3 is 44.4 Å². The minimum Gasteiger partial charge on any atom is -0.508 e. The van der Waals surface area contributed by atoms with E-state index < -0.39 is 23.3 Å². The van der Waals surface area contributed by atoms with E-state index in [2.05, 4.69) is 18.7 Å². The number of carbonyl (C=O) groups is 1. The predicted octanol–water partition coefficient (Wildman–Crippen LogP) is 5.85. The van der Waals surface area contributed by atoms with E-state index in [0.29, 0.717) is 35.4 Å². The highest BCUT2D eigenvalue weighted by molar-refractivity contribution is 6.03. The van der Waals surface area contributed by atoms with Crippen LogP contribution in [0.1, 0.15) is 93.1 Å². The molecule has 1 heterocycles. The number of hydrogen-bond acceptors (Lipinski definition) is 11. The van der Waals surface area contributed by atoms with E-state index in [-0.39, 0.29) is 82.0 Å². The Kier molecular flexibility index (Phi) is 14.5. The minimum absolute atomic E-state index is 0.00856. The van der Waals surface area contributed by atoms with Crippen molar-refractivity contribution < 1.29 is 44.3 Å². The number of fused-ring (bicyclic) bond motifs is 2. The lowest BCUT2D eigenvalue weighted by atomic mass is 9.55. The molecular formula is C43H57N3O9. The Hall–Kier alpha value is -4.25. The number of aliphatic hydroxyl groups is 3. The summed E-state index contributed by atoms with van der Waals surface area (Å²) in [6, 6.07) is 12.9. The van der Waals surface area contributed by atoms with Crippen LogP contribution in [-0.2, 0) is 14.3 Å². The molecule has 12 nitrogen and oxygen atoms in total. The normalized spacial score (nSPS) is 24.9. The van der Waals surface area contributed by atoms with E-state index in [4.69, 9.17) is 24.2 Å². The fourth-order valence-electron chi connectivity index (χ4n) is 8.43. The Morgan fingerprint density at radius 3 is 2.44 bits per heavy atom. The van der Waals surface area contributed by atoms with E-state index in [0.717, 1.165) is 36.8 Å². The van der Waals surface area contributed by atoms with Gasteiger partial charge in [-0.05, 0) is 106 Å². The van der Waals surface area contributed by atoms with Crippen molar-refractivity contribution in [1.82, 2.24) is 4.90 Å². The zero-order valence-corrected chi connectivity index (χ0v) is 32.4. The summed E-state index contributed by atoms with van der Waals surface area (Å²) in [7, 11) is 0. The van der Waals surface area contributed by atoms with Crippen molar-refractivity contribution in [2.45, 2.75) is 89.1 Å². The smallest absolute Gasteiger partial charge is 0.254 e. The number of ether oxygens (including phenoxy) is 3. The molecule has 6 unspecified atom stereocenters. The second-order valence-corrected chi connectivity index (χ2v) is 15.5. The molecule has 0 saturated heterocycles. The third-order valence-corrected chi connectivity index (χ3v) is 10.7. The number of aromatic hydroxyl groups is 1. The summed E-state index contributed by atoms with van der Waals surface area (Å²) < 4.78 is 19.9. The zero-order chi connectivity index (χ0) is 39.6. The molecule has 5 rings (SSSR count). The number of rotatable bonds is 19. The number of phenolic OH excluding ortho intramolecular Hbond substituents is 1. The van der Waals surface area contributed by atoms with E-state index in [1.807, 2.05) is 20.8 Å². The summed E-state index contributed by atoms with van der Waals surface area (Å²) in [5.41, 5.74) is 2.51. The summed E-state index contributed by atoms with van der Waals surface area (Å²) >= 11 is 0. The van der Waals surface area contributed by atoms with E-state index in [9.17, 15) is 30.5 Å². The number of carbonyl (C=O) groups excluding carboxylic acids is 1. The van der Waals surface area contributed by atoms with Crippen LogP contribution in [0.4, 0.5) is 0 Å². The highest BCUT2D eigenvalue weighted by Gasteiger charge is 2.65. The summed E-state index contributed by atoms with van der Waals surface area (Å²) in [6.45, 7) is 10.1. The Bertz CT molecular complexity index is 1710. The number of aliphatic hydroxyl groups excluding tert-OH is 3. The number of phenols is 1. The molecule has 1 aliphatic heterocycles. The van der Waals surface area contributed by atoms with Crippen molar-refractivity contribution in [2.75, 3.05) is 46.2 Å². The van der Waals surface area contributed by atoms with Crippen LogP contribution in [-0.4, -0.2) is 101 Å². The second kappa shape index (κ2) is 19.1. The summed E-state index contributed by atoms with van der Waals surface area (Å²) in [5, 5.41) is 54.3. The van der Waals surface area contributed by atoms with Gasteiger partial charge in [-0.3, -0.25) is 4.79 Å². The molecule has 1 fully saturated rings. The van der Waals surface area contributed by atoms with E-state index >= 15 is 0 Å². The van der Waals surface area contributed by atoms with Gasteiger partial charge in [0.2, 0.25) is 5.79 Å². The molecule has 0 aromatic heterocycles. The van der Waals surface area contributed by atoms with Crippen LogP contribution in [0.5, 0.6) is 11.5 Å². The zero-order valence-electron chi connectivity index (χ0n) is 32.4. The van der Waals surface area contributed by atoms with Crippen LogP contribution >= 0.6 is 0 Å². The molecule has 298 valence electrons. The second-order valence-electron chi connectivity index (χ2n) is 15.5. The van der Waals surface area contributed by atoms with E-state index in [1.54, 1.807) is 53.4 Å². The highest BCUT2D eigenvalue weighted by atomic mass is 16.7. The van der Waals surface area contributed by atoms with Gasteiger partial charge in [0, 0.05) is 43.2 Å². The summed E-state index contributed by atoms with van der Waals surface area (Å²) in [5.74, 6) is -1.95. The molecule has 0 spiro atoms. The molecule has 0 radical (unpaired) electrons. The average Bonchev–Trinajstić information content (AvgIpc) is 3.17. The predicted molar refractivity (Wildman–Crippen MR) is 208 cm³/mol. The first kappa shape index (κ1) is 41.9. The number of nitrogens with zero attached hydrogens (tertiary/aromatic N) is 3. The first-order chi connectivity index (χ1) is 26.5. The molecule has 1 saturated carbocycles. The van der Waals surface area contributed by atoms with Gasteiger partial charge in [0.15, 0.2) is 0 Å². The third kappa shape index (κ3) is 9.59. The Balaban J connectivity index is 1.79. The van der Waals surface area contributed by atoms with Gasteiger partial charge in [-0.15, -0.1) is 6.58 Å². The fourth-order valence-corrected chi connectivity index (χ4v) is 8.43. The molecule has 1 amide bonds. The molecule has 6 atom stereocenters. The number of oxime groups is 1. The molecule has 55 heavy (non-hydrogen) atoms. The lowest BCUT2D eigenvalue weighted by molar-refractivity contribution is -0.254. The van der Waals surface area contributed by atoms with Gasteiger partial charge in [0.1, 0.15) is 23.1 Å². The van der Waals surface area contributed by atoms with Gasteiger partial charge >= 0.3 is 0 Å². The summed E-state index contributed by atoms with van der Waals surface area (Å²) in [6.07, 6.45) is 8.53. The SMILES string of the molecule is C=CCOC12Oc3ccc(O)cc3C3C(CCCCO)C(CCCCO)C=C(C(=NOC(C)(C)C)CC1N(CCOCCO)C(=O)c1ccc(C#N)cc1)C32. The third-order valence-electron chi connectivity index (χ3n) is 10.7. The van der Waals surface area contributed by atoms with Crippen molar-refractivity contribution in [2.24, 2.45) is 22.9 Å². The van der Waals surface area contributed by atoms with Gasteiger partial charge in [-0.25, -0.2) is 0 Å². The van der Waals surface area contributed by atoms with E-state index in [1.165, 1.54) is 0 Å². The Morgan fingerprint density at radius 2 is 1.78 bits per heavy atom. The van der Waals surface area contributed by atoms with Crippen LogP contribution in [0.25, 0.3) is 0 Å². The first-order valence-corrected chi connectivity index (χ1v) is 19.5. The maximum Gasteiger partial charge on any atom is 0.254 e. The molecule has 2 aromatic rings. The molecule has 0 bridgehead atoms. The van der Waals surface area contributed by atoms with Crippen LogP contribution in [0.3, 0.4) is 0 Å². The van der Waals surface area contributed by atoms with Crippen LogP contribution in [0.15, 0.2) is 71.9 Å². The lowest BCUT2D eigenvalue weighted by Gasteiger charge is -2.60. The van der Waals surface area contributed by atoms with Crippen molar-refractivity contribution in [3.8, 4) is 17.6 Å². The van der Waals surface area contributed by atoms with Gasteiger partial charge in [0.25, 0.3) is 5.91 Å². The highest BCUT2D eigenvalue weighted by Crippen LogP contribution is 2.62. The summed E-state index contributed by atoms with van der Waals surface area (Å²) in [4.78, 5) is 22.7. The van der Waals surface area contributed by atoms with Crippen LogP contribution in [0, 0.1) is 29.1 Å². The average molecular weight is 760 g/mol. The largest absolute Gasteiger partial charge is 0.508 e. The fraction of sp³-hybridized carbons (Fsp3) is 0.558. The molecular weight excluding hydrogens is 702 g/mol. The molecule has 4 N–H and O–H groups in total. The quantitative estimate of drug-likeness (QED) is 0.0773. The maximum atomic E-state index is 14.8. The van der Waals surface area contributed by atoms with Crippen LogP contribution in [0.2, 0.25) is 0 Å². The van der Waals surface area contributed by atoms with Crippen molar-refractivity contribution >= 4 is 11.6 Å². The molecule has 12 heteroatoms. The molecule has 3 aliphatic rings. The number of unbranched alkanes of at least 4 members (excludes halogenated alkanes) is 2. The number of benzene rings is 2. The monoisotopic (exact) mass is 759 g/mol. The topological polar surface area (TPSA) is 174 Å². The van der Waals surface area contributed by atoms with Crippen LogP contribution < -0.4 is 4.74 Å². The Labute approximate surface area is 324 Å². The standard InChI is InChI=1S/C43H57N3O9/c1-5-22-53-43-38(46(18-23-52-24-21-49)41(51)30-14-12-29(28-44)13-15-30)27-36(45-55-42(2,3)4)34-25-31(10-6-8-19-47)33(11-7-9-20-48)39(40(34)43)35-26-32(50)16-17-37(35)54-43/h5,12-17,25-26,31,33,38-40,47-50H,1,6-11,18-24,27H2,2-4H3. The van der Waals surface area contributed by atoms with Crippen molar-refractivity contribution in [3.63, 3.8) is 0 Å². The number of amides is 1. The Morgan fingerprint density at radius 1 is 1.05 bits per heavy atom. The number of allylic oxidation sites excluding steroid dienone is 1. The lowest BCUT2D eigenvalue weighted by Crippen LogP contribution is -2.70. The molecule has 2 aliphatic carbocycles. The maximum absolute atomic E-state index is 14.8.